The van der Waals surface area contributed by atoms with Gasteiger partial charge in [0.1, 0.15) is 0 Å². The van der Waals surface area contributed by atoms with Crippen molar-refractivity contribution in [1.29, 1.82) is 0 Å². The predicted octanol–water partition coefficient (Wildman–Crippen LogP) is 2.90. The van der Waals surface area contributed by atoms with Crippen LogP contribution in [0.2, 0.25) is 0 Å². The van der Waals surface area contributed by atoms with E-state index in [4.69, 9.17) is 14.3 Å². The Morgan fingerprint density at radius 3 is 2.88 bits per heavy atom. The van der Waals surface area contributed by atoms with Gasteiger partial charge in [0.05, 0.1) is 6.21 Å². The first-order chi connectivity index (χ1) is 12.7. The van der Waals surface area contributed by atoms with Crippen molar-refractivity contribution in [2.45, 2.75) is 25.8 Å². The van der Waals surface area contributed by atoms with Gasteiger partial charge in [-0.2, -0.15) is 0 Å². The van der Waals surface area contributed by atoms with Gasteiger partial charge in [-0.25, -0.2) is 0 Å². The number of ether oxygens (including phenoxy) is 2. The first kappa shape index (κ1) is 17.8. The summed E-state index contributed by atoms with van der Waals surface area (Å²) in [5.41, 5.74) is 2.07. The Bertz CT molecular complexity index is 762. The van der Waals surface area contributed by atoms with Gasteiger partial charge < -0.3 is 19.6 Å². The Morgan fingerprint density at radius 2 is 2.04 bits per heavy atom. The molecule has 6 nitrogen and oxygen atoms in total. The van der Waals surface area contributed by atoms with E-state index in [2.05, 4.69) is 22.6 Å². The van der Waals surface area contributed by atoms with Crippen molar-refractivity contribution in [3.05, 3.63) is 59.7 Å². The molecule has 0 radical (unpaired) electrons. The molecule has 0 aromatic heterocycles. The molecule has 1 aliphatic heterocycles. The molecule has 2 aromatic rings. The maximum atomic E-state index is 11.9. The van der Waals surface area contributed by atoms with Gasteiger partial charge in [-0.15, -0.1) is 0 Å². The fourth-order valence-electron chi connectivity index (χ4n) is 2.60. The molecule has 0 saturated heterocycles. The second-order valence-corrected chi connectivity index (χ2v) is 6.11. The highest BCUT2D eigenvalue weighted by Crippen LogP contribution is 2.31. The normalized spacial score (nSPS) is 13.6. The van der Waals surface area contributed by atoms with Crippen LogP contribution in [0.15, 0.2) is 53.7 Å². The van der Waals surface area contributed by atoms with Crippen LogP contribution in [0.3, 0.4) is 0 Å². The quantitative estimate of drug-likeness (QED) is 0.585. The first-order valence-corrected chi connectivity index (χ1v) is 8.59. The summed E-state index contributed by atoms with van der Waals surface area (Å²) in [6.45, 7) is 2.10. The molecule has 1 aliphatic rings. The Hall–Kier alpha value is -3.02. The smallest absolute Gasteiger partial charge is 0.260 e. The van der Waals surface area contributed by atoms with Gasteiger partial charge >= 0.3 is 0 Å². The van der Waals surface area contributed by atoms with Gasteiger partial charge in [-0.05, 0) is 43.5 Å². The minimum absolute atomic E-state index is 0.0733. The number of fused-ring (bicyclic) bond motifs is 1. The fraction of sp³-hybridized carbons (Fsp3) is 0.300. The van der Waals surface area contributed by atoms with Gasteiger partial charge in [0.15, 0.2) is 18.1 Å². The summed E-state index contributed by atoms with van der Waals surface area (Å²) in [4.78, 5) is 17.0. The van der Waals surface area contributed by atoms with E-state index in [0.29, 0.717) is 11.5 Å². The monoisotopic (exact) mass is 354 g/mol. The lowest BCUT2D eigenvalue weighted by atomic mass is 10.1. The molecule has 1 atom stereocenters. The predicted molar refractivity (Wildman–Crippen MR) is 98.5 cm³/mol. The molecule has 0 fully saturated rings. The average Bonchev–Trinajstić information content (AvgIpc) is 3.12. The lowest BCUT2D eigenvalue weighted by molar-refractivity contribution is -0.126. The number of nitrogens with zero attached hydrogens (tertiary/aromatic N) is 1. The Kier molecular flexibility index (Phi) is 6.09. The molecule has 136 valence electrons. The van der Waals surface area contributed by atoms with Gasteiger partial charge in [0, 0.05) is 11.6 Å². The first-order valence-electron chi connectivity index (χ1n) is 8.59. The number of oxime groups is 1. The van der Waals surface area contributed by atoms with Crippen LogP contribution < -0.4 is 14.8 Å². The summed E-state index contributed by atoms with van der Waals surface area (Å²) in [5.74, 6) is 1.21. The Balaban J connectivity index is 1.36. The van der Waals surface area contributed by atoms with Crippen LogP contribution in [0, 0.1) is 0 Å². The number of aryl methyl sites for hydroxylation is 1. The maximum absolute atomic E-state index is 11.9. The van der Waals surface area contributed by atoms with Crippen molar-refractivity contribution in [2.75, 3.05) is 13.4 Å². The molecule has 0 bridgehead atoms. The van der Waals surface area contributed by atoms with E-state index in [1.54, 1.807) is 6.07 Å². The molecule has 2 aromatic carbocycles. The maximum Gasteiger partial charge on any atom is 0.260 e. The average molecular weight is 354 g/mol. The zero-order chi connectivity index (χ0) is 18.2. The highest BCUT2D eigenvalue weighted by molar-refractivity contribution is 5.81. The molecule has 1 heterocycles. The SMILES string of the molecule is C[C@@H](CCc1ccccc1)NC(=O)CO/N=C\c1ccc2c(c1)OCO2. The van der Waals surface area contributed by atoms with Crippen LogP contribution in [-0.4, -0.2) is 31.6 Å². The largest absolute Gasteiger partial charge is 0.454 e. The van der Waals surface area contributed by atoms with E-state index < -0.39 is 0 Å². The second kappa shape index (κ2) is 8.89. The zero-order valence-electron chi connectivity index (χ0n) is 14.7. The third-order valence-corrected chi connectivity index (χ3v) is 3.98. The molecular formula is C20H22N2O4. The van der Waals surface area contributed by atoms with Gasteiger partial charge in [-0.3, -0.25) is 4.79 Å². The summed E-state index contributed by atoms with van der Waals surface area (Å²) in [7, 11) is 0. The molecule has 0 aliphatic carbocycles. The van der Waals surface area contributed by atoms with E-state index in [1.807, 2.05) is 37.3 Å². The highest BCUT2D eigenvalue weighted by Gasteiger charge is 2.12. The summed E-state index contributed by atoms with van der Waals surface area (Å²) < 4.78 is 10.5. The lowest BCUT2D eigenvalue weighted by Crippen LogP contribution is -2.35. The molecular weight excluding hydrogens is 332 g/mol. The summed E-state index contributed by atoms with van der Waals surface area (Å²) >= 11 is 0. The number of carbonyl (C=O) groups is 1. The van der Waals surface area contributed by atoms with Crippen molar-refractivity contribution >= 4 is 12.1 Å². The number of benzene rings is 2. The molecule has 1 amide bonds. The van der Waals surface area contributed by atoms with Crippen LogP contribution in [0.1, 0.15) is 24.5 Å². The minimum atomic E-state index is -0.187. The fourth-order valence-corrected chi connectivity index (χ4v) is 2.60. The van der Waals surface area contributed by atoms with Crippen LogP contribution in [0.5, 0.6) is 11.5 Å². The summed E-state index contributed by atoms with van der Waals surface area (Å²) in [5, 5.41) is 6.73. The lowest BCUT2D eigenvalue weighted by Gasteiger charge is -2.13. The molecule has 3 rings (SSSR count). The second-order valence-electron chi connectivity index (χ2n) is 6.11. The zero-order valence-corrected chi connectivity index (χ0v) is 14.7. The topological polar surface area (TPSA) is 69.2 Å². The Labute approximate surface area is 152 Å². The van der Waals surface area contributed by atoms with Crippen molar-refractivity contribution in [3.63, 3.8) is 0 Å². The molecule has 0 saturated carbocycles. The molecule has 0 unspecified atom stereocenters. The standard InChI is InChI=1S/C20H22N2O4/c1-15(7-8-16-5-3-2-4-6-16)22-20(23)13-26-21-12-17-9-10-18-19(11-17)25-14-24-18/h2-6,9-12,15H,7-8,13-14H2,1H3,(H,22,23)/b21-12-/t15-/m0/s1. The van der Waals surface area contributed by atoms with Gasteiger partial charge in [-0.1, -0.05) is 35.5 Å². The third-order valence-electron chi connectivity index (χ3n) is 3.98. The molecule has 6 heteroatoms. The van der Waals surface area contributed by atoms with Crippen molar-refractivity contribution in [2.24, 2.45) is 5.16 Å². The van der Waals surface area contributed by atoms with E-state index in [0.717, 1.165) is 18.4 Å². The minimum Gasteiger partial charge on any atom is -0.454 e. The van der Waals surface area contributed by atoms with Crippen LogP contribution >= 0.6 is 0 Å². The van der Waals surface area contributed by atoms with Crippen molar-refractivity contribution in [3.8, 4) is 11.5 Å². The van der Waals surface area contributed by atoms with Crippen LogP contribution in [-0.2, 0) is 16.1 Å². The van der Waals surface area contributed by atoms with Gasteiger partial charge in [0.25, 0.3) is 5.91 Å². The number of rotatable bonds is 8. The summed E-state index contributed by atoms with van der Waals surface area (Å²) in [6.07, 6.45) is 3.33. The Morgan fingerprint density at radius 1 is 1.23 bits per heavy atom. The number of hydrogen-bond acceptors (Lipinski definition) is 5. The third kappa shape index (κ3) is 5.24. The van der Waals surface area contributed by atoms with Gasteiger partial charge in [0.2, 0.25) is 6.79 Å². The van der Waals surface area contributed by atoms with Crippen LogP contribution in [0.4, 0.5) is 0 Å². The van der Waals surface area contributed by atoms with E-state index in [1.165, 1.54) is 11.8 Å². The highest BCUT2D eigenvalue weighted by atomic mass is 16.7. The van der Waals surface area contributed by atoms with Crippen LogP contribution in [0.25, 0.3) is 0 Å². The van der Waals surface area contributed by atoms with E-state index in [-0.39, 0.29) is 25.3 Å². The number of hydrogen-bond donors (Lipinski definition) is 1. The van der Waals surface area contributed by atoms with Crippen molar-refractivity contribution < 1.29 is 19.1 Å². The molecule has 1 N–H and O–H groups in total. The van der Waals surface area contributed by atoms with Crippen molar-refractivity contribution in [1.82, 2.24) is 5.32 Å². The molecule has 26 heavy (non-hydrogen) atoms. The summed E-state index contributed by atoms with van der Waals surface area (Å²) in [6, 6.07) is 15.7. The number of carbonyl (C=O) groups excluding carboxylic acids is 1. The number of nitrogens with one attached hydrogen (secondary N) is 1. The van der Waals surface area contributed by atoms with E-state index in [9.17, 15) is 4.79 Å². The number of amides is 1. The molecule has 0 spiro atoms. The van der Waals surface area contributed by atoms with E-state index >= 15 is 0 Å².